The van der Waals surface area contributed by atoms with Crippen molar-refractivity contribution in [1.29, 1.82) is 0 Å². The van der Waals surface area contributed by atoms with Gasteiger partial charge in [0.05, 0.1) is 27.7 Å². The third-order valence-corrected chi connectivity index (χ3v) is 16.9. The molecule has 10 heteroatoms. The summed E-state index contributed by atoms with van der Waals surface area (Å²) in [6, 6.07) is 0. The molecule has 0 aliphatic carbocycles. The highest BCUT2D eigenvalue weighted by Gasteiger charge is 2.22. The lowest BCUT2D eigenvalue weighted by Crippen LogP contribution is -2.37. The first-order valence-corrected chi connectivity index (χ1v) is 36.5. The molecule has 0 spiro atoms. The summed E-state index contributed by atoms with van der Waals surface area (Å²) in [6.07, 6.45) is 76.9. The van der Waals surface area contributed by atoms with Crippen LogP contribution in [0.15, 0.2) is 24.3 Å². The number of phosphoric acid groups is 1. The summed E-state index contributed by atoms with van der Waals surface area (Å²) in [4.78, 5) is 38.0. The summed E-state index contributed by atoms with van der Waals surface area (Å²) in [5.41, 5.74) is 0. The van der Waals surface area contributed by atoms with Crippen molar-refractivity contribution in [2.75, 3.05) is 47.5 Å². The van der Waals surface area contributed by atoms with E-state index in [-0.39, 0.29) is 32.0 Å². The average Bonchev–Trinajstić information content (AvgIpc) is 3.42. The Morgan fingerprint density at radius 3 is 0.988 bits per heavy atom. The molecular weight excluding hydrogens is 1010 g/mol. The summed E-state index contributed by atoms with van der Waals surface area (Å²) in [5.74, 6) is -0.810. The number of unbranched alkanes of at least 4 members (excludes halogenated alkanes) is 48. The van der Waals surface area contributed by atoms with E-state index in [9.17, 15) is 19.0 Å². The first kappa shape index (κ1) is 78.5. The van der Waals surface area contributed by atoms with E-state index in [0.29, 0.717) is 17.4 Å². The van der Waals surface area contributed by atoms with Gasteiger partial charge < -0.3 is 27.9 Å². The Bertz CT molecular complexity index is 1400. The summed E-state index contributed by atoms with van der Waals surface area (Å²) < 4.78 is 34.3. The summed E-state index contributed by atoms with van der Waals surface area (Å²) in [6.45, 7) is 4.31. The molecule has 0 radical (unpaired) electrons. The molecule has 0 aromatic carbocycles. The van der Waals surface area contributed by atoms with Crippen molar-refractivity contribution in [3.63, 3.8) is 0 Å². The predicted molar refractivity (Wildman–Crippen MR) is 342 cm³/mol. The van der Waals surface area contributed by atoms with E-state index < -0.39 is 26.5 Å². The fourth-order valence-electron chi connectivity index (χ4n) is 10.6. The van der Waals surface area contributed by atoms with Gasteiger partial charge in [-0.3, -0.25) is 14.2 Å². The van der Waals surface area contributed by atoms with Crippen LogP contribution in [0.3, 0.4) is 0 Å². The lowest BCUT2D eigenvalue weighted by molar-refractivity contribution is -0.870. The normalized spacial score (nSPS) is 13.2. The summed E-state index contributed by atoms with van der Waals surface area (Å²) in [7, 11) is 1.19. The molecule has 0 amide bonds. The minimum absolute atomic E-state index is 0.0273. The molecule has 0 saturated carbocycles. The lowest BCUT2D eigenvalue weighted by atomic mass is 10.0. The Morgan fingerprint density at radius 2 is 0.675 bits per heavy atom. The fraction of sp³-hybridized carbons (Fsp3) is 0.914. The van der Waals surface area contributed by atoms with Crippen LogP contribution in [0.25, 0.3) is 0 Å². The van der Waals surface area contributed by atoms with Crippen LogP contribution in [0.2, 0.25) is 0 Å². The van der Waals surface area contributed by atoms with E-state index in [1.165, 1.54) is 289 Å². The first-order chi connectivity index (χ1) is 39.0. The number of phosphoric ester groups is 1. The third-order valence-electron chi connectivity index (χ3n) is 16.0. The summed E-state index contributed by atoms with van der Waals surface area (Å²) in [5, 5.41) is 0. The third kappa shape index (κ3) is 65.6. The van der Waals surface area contributed by atoms with Gasteiger partial charge in [-0.05, 0) is 44.9 Å². The zero-order valence-electron chi connectivity index (χ0n) is 54.1. The van der Waals surface area contributed by atoms with Gasteiger partial charge in [-0.1, -0.05) is 327 Å². The van der Waals surface area contributed by atoms with Crippen LogP contribution in [0.4, 0.5) is 0 Å². The number of ether oxygens (including phenoxy) is 2. The molecule has 0 fully saturated rings. The van der Waals surface area contributed by atoms with Gasteiger partial charge in [0.15, 0.2) is 6.10 Å². The number of rotatable bonds is 66. The highest BCUT2D eigenvalue weighted by Crippen LogP contribution is 2.38. The molecule has 9 nitrogen and oxygen atoms in total. The van der Waals surface area contributed by atoms with Crippen molar-refractivity contribution in [2.45, 2.75) is 367 Å². The van der Waals surface area contributed by atoms with Crippen molar-refractivity contribution in [3.8, 4) is 0 Å². The Labute approximate surface area is 498 Å². The predicted octanol–water partition coefficient (Wildman–Crippen LogP) is 21.9. The monoisotopic (exact) mass is 1150 g/mol. The second-order valence-corrected chi connectivity index (χ2v) is 26.7. The molecule has 0 heterocycles. The van der Waals surface area contributed by atoms with E-state index in [1.807, 2.05) is 21.1 Å². The van der Waals surface area contributed by atoms with Crippen LogP contribution in [-0.2, 0) is 32.7 Å². The molecule has 0 aliphatic rings. The minimum atomic E-state index is -4.64. The molecule has 80 heavy (non-hydrogen) atoms. The Kier molecular flexibility index (Phi) is 60.9. The zero-order chi connectivity index (χ0) is 58.4. The smallest absolute Gasteiger partial charge is 0.306 e. The number of quaternary nitrogens is 1. The van der Waals surface area contributed by atoms with Crippen molar-refractivity contribution in [2.24, 2.45) is 0 Å². The van der Waals surface area contributed by atoms with Gasteiger partial charge in [-0.2, -0.15) is 0 Å². The van der Waals surface area contributed by atoms with E-state index in [4.69, 9.17) is 18.5 Å². The van der Waals surface area contributed by atoms with Gasteiger partial charge in [0.1, 0.15) is 19.8 Å². The second-order valence-electron chi connectivity index (χ2n) is 25.3. The van der Waals surface area contributed by atoms with Crippen LogP contribution in [0, 0.1) is 0 Å². The largest absolute Gasteiger partial charge is 0.756 e. The lowest BCUT2D eigenvalue weighted by Gasteiger charge is -2.28. The Hall–Kier alpha value is -1.51. The van der Waals surface area contributed by atoms with Gasteiger partial charge in [-0.15, -0.1) is 0 Å². The van der Waals surface area contributed by atoms with Crippen LogP contribution in [0.5, 0.6) is 0 Å². The highest BCUT2D eigenvalue weighted by molar-refractivity contribution is 7.45. The van der Waals surface area contributed by atoms with Gasteiger partial charge in [0.2, 0.25) is 0 Å². The highest BCUT2D eigenvalue weighted by atomic mass is 31.2. The van der Waals surface area contributed by atoms with Crippen LogP contribution < -0.4 is 4.89 Å². The maximum Gasteiger partial charge on any atom is 0.306 e. The first-order valence-electron chi connectivity index (χ1n) is 35.0. The molecule has 0 bridgehead atoms. The molecule has 0 aromatic rings. The maximum absolute atomic E-state index is 12.9. The number of carbonyl (C=O) groups excluding carboxylic acids is 2. The van der Waals surface area contributed by atoms with E-state index in [1.54, 1.807) is 0 Å². The number of likely N-dealkylation sites (N-methyl/N-ethyl adjacent to an activating group) is 1. The topological polar surface area (TPSA) is 111 Å². The molecule has 0 saturated heterocycles. The minimum Gasteiger partial charge on any atom is -0.756 e. The van der Waals surface area contributed by atoms with Crippen molar-refractivity contribution in [1.82, 2.24) is 0 Å². The quantitative estimate of drug-likeness (QED) is 0.0195. The Balaban J connectivity index is 3.99. The maximum atomic E-state index is 12.9. The number of esters is 2. The molecular formula is C70H136NO8P. The number of carbonyl (C=O) groups is 2. The molecule has 0 rings (SSSR count). The van der Waals surface area contributed by atoms with E-state index in [0.717, 1.165) is 38.5 Å². The fourth-order valence-corrected chi connectivity index (χ4v) is 11.3. The van der Waals surface area contributed by atoms with Crippen molar-refractivity contribution in [3.05, 3.63) is 24.3 Å². The van der Waals surface area contributed by atoms with Crippen molar-refractivity contribution < 1.29 is 42.1 Å². The number of allylic oxidation sites excluding steroid dienone is 4. The SMILES string of the molecule is CCCCCCC/C=C\C/C=C\CCCCCCCCCCCCCCCCCC(=O)OC(COC(=O)CCCCCCCCCCCCCCCCCCCCCCCCCCCCCCC)COP(=O)([O-])OCC[N+](C)(C)C. The van der Waals surface area contributed by atoms with E-state index >= 15 is 0 Å². The van der Waals surface area contributed by atoms with Crippen LogP contribution in [0.1, 0.15) is 361 Å². The van der Waals surface area contributed by atoms with Gasteiger partial charge in [-0.25, -0.2) is 0 Å². The molecule has 0 N–H and O–H groups in total. The number of nitrogens with zero attached hydrogens (tertiary/aromatic N) is 1. The van der Waals surface area contributed by atoms with Gasteiger partial charge in [0.25, 0.3) is 7.82 Å². The van der Waals surface area contributed by atoms with Crippen molar-refractivity contribution >= 4 is 19.8 Å². The number of hydrogen-bond donors (Lipinski definition) is 0. The van der Waals surface area contributed by atoms with Gasteiger partial charge in [0, 0.05) is 12.8 Å². The molecule has 2 atom stereocenters. The molecule has 0 aliphatic heterocycles. The molecule has 474 valence electrons. The van der Waals surface area contributed by atoms with E-state index in [2.05, 4.69) is 38.2 Å². The van der Waals surface area contributed by atoms with Crippen LogP contribution in [-0.4, -0.2) is 70.0 Å². The standard InChI is InChI=1S/C70H136NO8P/c1-6-8-10-12-14-16-18-20-22-24-26-28-30-32-34-35-37-38-40-42-44-46-48-50-52-54-56-58-60-62-69(72)76-66-68(67-78-80(74,75)77-65-64-71(3,4)5)79-70(73)63-61-59-57-55-53-51-49-47-45-43-41-39-36-33-31-29-27-25-23-21-19-17-15-13-11-9-7-2/h19,21,25,27,68H,6-18,20,22-24,26,28-67H2,1-5H3/b21-19-,27-25-. The zero-order valence-corrected chi connectivity index (χ0v) is 55.0. The summed E-state index contributed by atoms with van der Waals surface area (Å²) >= 11 is 0. The van der Waals surface area contributed by atoms with Crippen LogP contribution >= 0.6 is 7.82 Å². The Morgan fingerprint density at radius 1 is 0.388 bits per heavy atom. The second kappa shape index (κ2) is 62.0. The van der Waals surface area contributed by atoms with Gasteiger partial charge >= 0.3 is 11.9 Å². The molecule has 0 aromatic heterocycles. The number of hydrogen-bond acceptors (Lipinski definition) is 8. The molecule has 2 unspecified atom stereocenters. The average molecular weight is 1150 g/mol.